The van der Waals surface area contributed by atoms with Gasteiger partial charge in [0.15, 0.2) is 0 Å². The van der Waals surface area contributed by atoms with Crippen LogP contribution in [0.15, 0.2) is 0 Å². The fraction of sp³-hybridized carbons (Fsp3) is 0.938. The summed E-state index contributed by atoms with van der Waals surface area (Å²) in [5.74, 6) is -0.846. The van der Waals surface area contributed by atoms with Gasteiger partial charge in [-0.1, -0.05) is 0 Å². The summed E-state index contributed by atoms with van der Waals surface area (Å²) in [5, 5.41) is 0. The molecule has 0 fully saturated rings. The number of carbonyl (C=O) groups excluding carboxylic acids is 3. The Morgan fingerprint density at radius 3 is 0.586 bits per heavy atom. The molecule has 0 heterocycles. The molecule has 0 aromatic carbocycles. The molecule has 58 heavy (non-hydrogen) atoms. The molecule has 0 amide bonds. The predicted molar refractivity (Wildman–Crippen MR) is 265 cm³/mol. The number of carbonyl (C=O) groups is 3. The van der Waals surface area contributed by atoms with Gasteiger partial charge in [-0.05, 0) is 0 Å². The van der Waals surface area contributed by atoms with Crippen LogP contribution in [0.5, 0.6) is 0 Å². The molecule has 7 nitrogen and oxygen atoms in total. The van der Waals surface area contributed by atoms with Crippen molar-refractivity contribution in [1.29, 1.82) is 0 Å². The zero-order chi connectivity index (χ0) is 44.1. The van der Waals surface area contributed by atoms with Gasteiger partial charge < -0.3 is 0 Å². The number of nitrogens with zero attached hydrogens (tertiary/aromatic N) is 1. The zero-order valence-corrected chi connectivity index (χ0v) is 43.8. The van der Waals surface area contributed by atoms with Crippen LogP contribution in [0.25, 0.3) is 0 Å². The Labute approximate surface area is 362 Å². The average Bonchev–Trinajstić information content (AvgIpc) is 3.22. The summed E-state index contributed by atoms with van der Waals surface area (Å²) in [7, 11) is 0. The first-order valence-electron chi connectivity index (χ1n) is 25.1. The average molecular weight is 882 g/mol. The van der Waals surface area contributed by atoms with E-state index in [0.717, 1.165) is 190 Å². The van der Waals surface area contributed by atoms with Gasteiger partial charge >= 0.3 is 363 Å². The molecule has 0 rings (SSSR count). The second-order valence-corrected chi connectivity index (χ2v) is 36.4. The summed E-state index contributed by atoms with van der Waals surface area (Å²) in [5.41, 5.74) is 0. The molecule has 350 valence electrons. The standard InChI is InChI=1S/C48H102NO6P3/c1-13-25-34-56(22-10,35-26-14-2,36-27-15-3)53-46(50)43-49(44-47(51)54-57(23-11,37-28-16-4,38-29-17-5)39-30-18-6)45-48(52)55-58(24-12,40-31-19-7,41-32-20-8)42-33-21-9/h13-45H2,1-12H3. The quantitative estimate of drug-likeness (QED) is 0.0569. The van der Waals surface area contributed by atoms with Crippen molar-refractivity contribution in [3.05, 3.63) is 0 Å². The predicted octanol–water partition coefficient (Wildman–Crippen LogP) is 14.6. The summed E-state index contributed by atoms with van der Waals surface area (Å²) in [6.07, 6.45) is 30.3. The first kappa shape index (κ1) is 57.7. The molecule has 0 aromatic heterocycles. The van der Waals surface area contributed by atoms with Gasteiger partial charge in [-0.15, -0.1) is 0 Å². The monoisotopic (exact) mass is 882 g/mol. The molecular weight excluding hydrogens is 779 g/mol. The van der Waals surface area contributed by atoms with E-state index in [-0.39, 0.29) is 37.5 Å². The molecule has 0 saturated carbocycles. The molecule has 0 saturated heterocycles. The maximum absolute atomic E-state index is 14.6. The van der Waals surface area contributed by atoms with E-state index in [0.29, 0.717) is 0 Å². The van der Waals surface area contributed by atoms with Crippen LogP contribution in [0.1, 0.15) is 199 Å². The molecule has 0 radical (unpaired) electrons. The third kappa shape index (κ3) is 18.2. The summed E-state index contributed by atoms with van der Waals surface area (Å²) < 4.78 is 21.1. The Hall–Kier alpha value is -0.340. The first-order chi connectivity index (χ1) is 27.6. The van der Waals surface area contributed by atoms with Crippen molar-refractivity contribution in [1.82, 2.24) is 4.90 Å². The van der Waals surface area contributed by atoms with Gasteiger partial charge in [0.25, 0.3) is 0 Å². The van der Waals surface area contributed by atoms with Crippen molar-refractivity contribution >= 4 is 38.4 Å². The van der Waals surface area contributed by atoms with Crippen LogP contribution in [0.3, 0.4) is 0 Å². The van der Waals surface area contributed by atoms with E-state index in [1.165, 1.54) is 0 Å². The van der Waals surface area contributed by atoms with Crippen LogP contribution >= 0.6 is 20.5 Å². The van der Waals surface area contributed by atoms with E-state index in [2.05, 4.69) is 83.1 Å². The third-order valence-electron chi connectivity index (χ3n) is 14.2. The van der Waals surface area contributed by atoms with Crippen molar-refractivity contribution in [2.45, 2.75) is 199 Å². The van der Waals surface area contributed by atoms with Gasteiger partial charge in [-0.2, -0.15) is 0 Å². The minimum atomic E-state index is -2.90. The molecule has 10 heteroatoms. The Bertz CT molecular complexity index is 937. The van der Waals surface area contributed by atoms with Crippen LogP contribution in [0.2, 0.25) is 0 Å². The van der Waals surface area contributed by atoms with Crippen LogP contribution in [-0.2, 0) is 28.0 Å². The molecule has 0 N–H and O–H groups in total. The fourth-order valence-corrected chi connectivity index (χ4v) is 27.7. The molecule has 0 atom stereocenters. The molecule has 0 aliphatic carbocycles. The molecule has 0 aliphatic rings. The Morgan fingerprint density at radius 2 is 0.466 bits per heavy atom. The van der Waals surface area contributed by atoms with Gasteiger partial charge in [0.05, 0.1) is 0 Å². The van der Waals surface area contributed by atoms with Gasteiger partial charge in [0.2, 0.25) is 0 Å². The maximum atomic E-state index is 14.6. The Morgan fingerprint density at radius 1 is 0.310 bits per heavy atom. The Balaban J connectivity index is 7.34. The number of hydrogen-bond donors (Lipinski definition) is 0. The SMILES string of the molecule is CCCCP(CC)(CCCC)(CCCC)OC(=O)CN(CC(=O)OP(CC)(CCCC)(CCCC)CCCC)CC(=O)OP(CC)(CCCC)(CCCC)CCCC. The molecule has 0 bridgehead atoms. The van der Waals surface area contributed by atoms with Crippen molar-refractivity contribution in [3.8, 4) is 0 Å². The minimum absolute atomic E-state index is 0.103. The van der Waals surface area contributed by atoms with E-state index < -0.39 is 20.5 Å². The third-order valence-corrected chi connectivity index (χ3v) is 34.2. The van der Waals surface area contributed by atoms with E-state index in [4.69, 9.17) is 13.6 Å². The normalized spacial score (nSPS) is 14.5. The molecule has 0 spiro atoms. The number of hydrogen-bond acceptors (Lipinski definition) is 7. The van der Waals surface area contributed by atoms with Crippen LogP contribution < -0.4 is 0 Å². The van der Waals surface area contributed by atoms with Gasteiger partial charge in [-0.25, -0.2) is 0 Å². The van der Waals surface area contributed by atoms with Crippen LogP contribution in [0, 0.1) is 0 Å². The summed E-state index contributed by atoms with van der Waals surface area (Å²) in [4.78, 5) is 45.6. The molecule has 0 aliphatic heterocycles. The Kier molecular flexibility index (Phi) is 28.9. The van der Waals surface area contributed by atoms with E-state index in [1.807, 2.05) is 0 Å². The van der Waals surface area contributed by atoms with Gasteiger partial charge in [0.1, 0.15) is 0 Å². The van der Waals surface area contributed by atoms with Gasteiger partial charge in [0, 0.05) is 0 Å². The first-order valence-corrected chi connectivity index (χ1v) is 33.7. The van der Waals surface area contributed by atoms with E-state index in [1.54, 1.807) is 4.90 Å². The van der Waals surface area contributed by atoms with Crippen molar-refractivity contribution in [2.24, 2.45) is 0 Å². The van der Waals surface area contributed by atoms with Gasteiger partial charge in [-0.3, -0.25) is 0 Å². The molecule has 0 aromatic rings. The van der Waals surface area contributed by atoms with E-state index in [9.17, 15) is 14.4 Å². The van der Waals surface area contributed by atoms with Crippen molar-refractivity contribution in [3.63, 3.8) is 0 Å². The topological polar surface area (TPSA) is 82.1 Å². The summed E-state index contributed by atoms with van der Waals surface area (Å²) in [6, 6.07) is 0. The molecular formula is C48H102NO6P3. The van der Waals surface area contributed by atoms with Crippen LogP contribution in [-0.4, -0.2) is 116 Å². The van der Waals surface area contributed by atoms with Crippen molar-refractivity contribution < 1.29 is 28.0 Å². The summed E-state index contributed by atoms with van der Waals surface area (Å²) >= 11 is 0. The second-order valence-electron chi connectivity index (χ2n) is 18.8. The second kappa shape index (κ2) is 29.1. The van der Waals surface area contributed by atoms with E-state index >= 15 is 0 Å². The number of unbranched alkanes of at least 4 members (excludes halogenated alkanes) is 9. The zero-order valence-electron chi connectivity index (χ0n) is 41.1. The van der Waals surface area contributed by atoms with Crippen molar-refractivity contribution in [2.75, 3.05) is 93.6 Å². The fourth-order valence-electron chi connectivity index (χ4n) is 9.72. The molecule has 0 unspecified atom stereocenters. The van der Waals surface area contributed by atoms with Crippen LogP contribution in [0.4, 0.5) is 0 Å². The summed E-state index contributed by atoms with van der Waals surface area (Å²) in [6.45, 7) is 17.8. The number of rotatable bonds is 39.